The normalized spacial score (nSPS) is 16.6. The van der Waals surface area contributed by atoms with Gasteiger partial charge in [0, 0.05) is 13.0 Å². The number of ether oxygens (including phenoxy) is 2. The summed E-state index contributed by atoms with van der Waals surface area (Å²) in [5.74, 6) is -1.19. The molecule has 1 fully saturated rings. The quantitative estimate of drug-likeness (QED) is 0.525. The first-order chi connectivity index (χ1) is 10.5. The summed E-state index contributed by atoms with van der Waals surface area (Å²) in [4.78, 5) is 33.5. The number of nitrogens with one attached hydrogen (secondary N) is 1. The summed E-state index contributed by atoms with van der Waals surface area (Å²) in [5.41, 5.74) is -0.377. The van der Waals surface area contributed by atoms with E-state index in [0.29, 0.717) is 6.54 Å². The van der Waals surface area contributed by atoms with Crippen molar-refractivity contribution in [3.05, 3.63) is 0 Å². The fraction of sp³-hybridized carbons (Fsp3) is 0.800. The summed E-state index contributed by atoms with van der Waals surface area (Å²) < 4.78 is 9.69. The molecule has 0 radical (unpaired) electrons. The van der Waals surface area contributed by atoms with Crippen LogP contribution in [0.25, 0.3) is 0 Å². The van der Waals surface area contributed by atoms with Crippen LogP contribution in [0, 0.1) is 5.41 Å². The van der Waals surface area contributed by atoms with Crippen LogP contribution in [0.3, 0.4) is 0 Å². The second-order valence-electron chi connectivity index (χ2n) is 5.69. The van der Waals surface area contributed by atoms with E-state index in [1.54, 1.807) is 6.92 Å². The maximum atomic E-state index is 11.6. The zero-order chi connectivity index (χ0) is 16.4. The van der Waals surface area contributed by atoms with Crippen molar-refractivity contribution in [2.75, 3.05) is 19.8 Å². The third kappa shape index (κ3) is 6.78. The van der Waals surface area contributed by atoms with Crippen molar-refractivity contribution < 1.29 is 29.0 Å². The molecule has 7 nitrogen and oxygen atoms in total. The zero-order valence-electron chi connectivity index (χ0n) is 13.1. The van der Waals surface area contributed by atoms with Crippen molar-refractivity contribution in [3.8, 4) is 0 Å². The number of rotatable bonds is 8. The van der Waals surface area contributed by atoms with E-state index >= 15 is 0 Å². The largest absolute Gasteiger partial charge is 0.481 e. The second-order valence-corrected chi connectivity index (χ2v) is 5.69. The van der Waals surface area contributed by atoms with Crippen LogP contribution in [0.1, 0.15) is 51.9 Å². The zero-order valence-corrected chi connectivity index (χ0v) is 13.1. The van der Waals surface area contributed by atoms with Gasteiger partial charge in [0.25, 0.3) is 0 Å². The summed E-state index contributed by atoms with van der Waals surface area (Å²) in [7, 11) is 0. The third-order valence-corrected chi connectivity index (χ3v) is 3.92. The molecule has 0 heterocycles. The lowest BCUT2D eigenvalue weighted by Gasteiger charge is -2.36. The molecule has 0 saturated heterocycles. The number of carboxylic acid groups (broad SMARTS) is 1. The molecule has 1 aliphatic carbocycles. The molecule has 22 heavy (non-hydrogen) atoms. The van der Waals surface area contributed by atoms with Crippen molar-refractivity contribution in [3.63, 3.8) is 0 Å². The summed E-state index contributed by atoms with van der Waals surface area (Å²) in [5, 5.41) is 11.7. The molecule has 0 bridgehead atoms. The van der Waals surface area contributed by atoms with Crippen molar-refractivity contribution in [1.29, 1.82) is 0 Å². The van der Waals surface area contributed by atoms with Gasteiger partial charge >= 0.3 is 18.0 Å². The lowest BCUT2D eigenvalue weighted by Crippen LogP contribution is -2.40. The number of amides is 1. The number of hydrogen-bond acceptors (Lipinski definition) is 5. The number of carboxylic acids is 1. The Morgan fingerprint density at radius 3 is 2.32 bits per heavy atom. The average molecular weight is 315 g/mol. The number of carbonyl (C=O) groups is 3. The first kappa shape index (κ1) is 18.3. The highest BCUT2D eigenvalue weighted by molar-refractivity contribution is 5.69. The SMILES string of the molecule is CCC(=O)OCCOC(=O)NCC1(CC(=O)O)CCCCC1. The van der Waals surface area contributed by atoms with Gasteiger partial charge in [-0.3, -0.25) is 9.59 Å². The van der Waals surface area contributed by atoms with Crippen molar-refractivity contribution in [2.45, 2.75) is 51.9 Å². The molecule has 0 unspecified atom stereocenters. The van der Waals surface area contributed by atoms with E-state index in [4.69, 9.17) is 14.6 Å². The molecule has 0 aromatic carbocycles. The summed E-state index contributed by atoms with van der Waals surface area (Å²) in [6, 6.07) is 0. The highest BCUT2D eigenvalue weighted by Crippen LogP contribution is 2.38. The first-order valence-corrected chi connectivity index (χ1v) is 7.75. The van der Waals surface area contributed by atoms with E-state index in [1.807, 2.05) is 0 Å². The van der Waals surface area contributed by atoms with E-state index in [-0.39, 0.29) is 37.4 Å². The maximum absolute atomic E-state index is 11.6. The van der Waals surface area contributed by atoms with Crippen molar-refractivity contribution in [2.24, 2.45) is 5.41 Å². The van der Waals surface area contributed by atoms with Crippen LogP contribution in [0.4, 0.5) is 4.79 Å². The monoisotopic (exact) mass is 315 g/mol. The lowest BCUT2D eigenvalue weighted by atomic mass is 9.72. The smallest absolute Gasteiger partial charge is 0.407 e. The number of aliphatic carboxylic acids is 1. The van der Waals surface area contributed by atoms with E-state index in [0.717, 1.165) is 32.1 Å². The molecule has 1 rings (SSSR count). The molecule has 0 atom stereocenters. The predicted octanol–water partition coefficient (Wildman–Crippen LogP) is 2.09. The molecule has 1 amide bonds. The number of alkyl carbamates (subject to hydrolysis) is 1. The van der Waals surface area contributed by atoms with Gasteiger partial charge in [-0.15, -0.1) is 0 Å². The van der Waals surface area contributed by atoms with E-state index < -0.39 is 12.1 Å². The average Bonchev–Trinajstić information content (AvgIpc) is 2.49. The van der Waals surface area contributed by atoms with Crippen LogP contribution in [0.5, 0.6) is 0 Å². The molecule has 7 heteroatoms. The van der Waals surface area contributed by atoms with E-state index in [9.17, 15) is 14.4 Å². The van der Waals surface area contributed by atoms with Crippen LogP contribution in [-0.2, 0) is 19.1 Å². The summed E-state index contributed by atoms with van der Waals surface area (Å²) >= 11 is 0. The van der Waals surface area contributed by atoms with Crippen molar-refractivity contribution >= 4 is 18.0 Å². The van der Waals surface area contributed by atoms with E-state index in [2.05, 4.69) is 5.32 Å². The Morgan fingerprint density at radius 1 is 1.09 bits per heavy atom. The first-order valence-electron chi connectivity index (χ1n) is 7.75. The van der Waals surface area contributed by atoms with Crippen LogP contribution in [0.2, 0.25) is 0 Å². The van der Waals surface area contributed by atoms with Gasteiger partial charge in [0.05, 0.1) is 6.42 Å². The molecular weight excluding hydrogens is 290 g/mol. The molecule has 0 spiro atoms. The highest BCUT2D eigenvalue weighted by Gasteiger charge is 2.34. The Bertz CT molecular complexity index is 389. The Morgan fingerprint density at radius 2 is 1.73 bits per heavy atom. The fourth-order valence-electron chi connectivity index (χ4n) is 2.74. The van der Waals surface area contributed by atoms with Gasteiger partial charge in [-0.1, -0.05) is 26.2 Å². The molecule has 0 aromatic rings. The van der Waals surface area contributed by atoms with Gasteiger partial charge in [-0.2, -0.15) is 0 Å². The molecule has 0 aromatic heterocycles. The summed E-state index contributed by atoms with van der Waals surface area (Å²) in [6.07, 6.45) is 4.40. The van der Waals surface area contributed by atoms with Crippen LogP contribution in [-0.4, -0.2) is 42.9 Å². The van der Waals surface area contributed by atoms with E-state index in [1.165, 1.54) is 0 Å². The minimum atomic E-state index is -0.844. The molecular formula is C15H25NO6. The van der Waals surface area contributed by atoms with Crippen LogP contribution >= 0.6 is 0 Å². The topological polar surface area (TPSA) is 102 Å². The lowest BCUT2D eigenvalue weighted by molar-refractivity contribution is -0.144. The molecule has 126 valence electrons. The van der Waals surface area contributed by atoms with Crippen LogP contribution in [0.15, 0.2) is 0 Å². The fourth-order valence-corrected chi connectivity index (χ4v) is 2.74. The number of carbonyl (C=O) groups excluding carboxylic acids is 2. The van der Waals surface area contributed by atoms with Gasteiger partial charge in [0.2, 0.25) is 0 Å². The molecule has 1 saturated carbocycles. The Hall–Kier alpha value is -1.79. The number of esters is 1. The van der Waals surface area contributed by atoms with Gasteiger partial charge < -0.3 is 19.9 Å². The minimum absolute atomic E-state index is 0.0104. The second kappa shape index (κ2) is 9.27. The predicted molar refractivity (Wildman–Crippen MR) is 78.4 cm³/mol. The van der Waals surface area contributed by atoms with Gasteiger partial charge in [-0.25, -0.2) is 4.79 Å². The maximum Gasteiger partial charge on any atom is 0.407 e. The molecule has 1 aliphatic rings. The third-order valence-electron chi connectivity index (χ3n) is 3.92. The standard InChI is InChI=1S/C15H25NO6/c1-2-13(19)21-8-9-22-14(20)16-11-15(10-12(17)18)6-4-3-5-7-15/h2-11H2,1H3,(H,16,20)(H,17,18). The van der Waals surface area contributed by atoms with Crippen LogP contribution < -0.4 is 5.32 Å². The number of hydrogen-bond donors (Lipinski definition) is 2. The van der Waals surface area contributed by atoms with Crippen molar-refractivity contribution in [1.82, 2.24) is 5.32 Å². The molecule has 2 N–H and O–H groups in total. The highest BCUT2D eigenvalue weighted by atomic mass is 16.6. The van der Waals surface area contributed by atoms with Gasteiger partial charge in [-0.05, 0) is 18.3 Å². The summed E-state index contributed by atoms with van der Waals surface area (Å²) in [6.45, 7) is 2.00. The van der Waals surface area contributed by atoms with Gasteiger partial charge in [0.15, 0.2) is 0 Å². The molecule has 0 aliphatic heterocycles. The Labute approximate surface area is 130 Å². The Kier molecular flexibility index (Phi) is 7.70. The minimum Gasteiger partial charge on any atom is -0.481 e. The van der Waals surface area contributed by atoms with Gasteiger partial charge in [0.1, 0.15) is 13.2 Å². The Balaban J connectivity index is 2.30.